The molecule has 1 N–H and O–H groups in total. The zero-order valence-electron chi connectivity index (χ0n) is 16.3. The Kier molecular flexibility index (Phi) is 4.63. The summed E-state index contributed by atoms with van der Waals surface area (Å²) in [6.07, 6.45) is 0. The molecule has 1 aliphatic rings. The second-order valence-corrected chi connectivity index (χ2v) is 7.57. The molecule has 2 aromatic carbocycles. The first kappa shape index (κ1) is 18.2. The van der Waals surface area contributed by atoms with E-state index >= 15 is 0 Å². The molecule has 2 heterocycles. The molecule has 0 radical (unpaired) electrons. The number of phenols is 1. The fourth-order valence-electron chi connectivity index (χ4n) is 3.72. The minimum atomic E-state index is -0.172. The molecule has 0 fully saturated rings. The standard InChI is InChI=1S/C22H24N4O2/c1-14(2)19-21-23-20(16-7-5-4-6-8-16)24-26(21)12-11-25(19)22(28)17-10-9-15(3)18(27)13-17/h4-10,13-14,19,27H,11-12H2,1-3H3/t19-/m0/s1. The number of amides is 1. The summed E-state index contributed by atoms with van der Waals surface area (Å²) in [5.74, 6) is 1.71. The molecule has 28 heavy (non-hydrogen) atoms. The first-order valence-electron chi connectivity index (χ1n) is 9.56. The van der Waals surface area contributed by atoms with E-state index in [4.69, 9.17) is 4.98 Å². The molecule has 0 saturated heterocycles. The van der Waals surface area contributed by atoms with E-state index in [2.05, 4.69) is 18.9 Å². The smallest absolute Gasteiger partial charge is 0.254 e. The molecule has 6 nitrogen and oxygen atoms in total. The molecule has 4 rings (SSSR count). The summed E-state index contributed by atoms with van der Waals surface area (Å²) in [6.45, 7) is 7.14. The van der Waals surface area contributed by atoms with Gasteiger partial charge in [-0.2, -0.15) is 5.10 Å². The van der Waals surface area contributed by atoms with Crippen molar-refractivity contribution in [3.63, 3.8) is 0 Å². The van der Waals surface area contributed by atoms with Gasteiger partial charge in [0.25, 0.3) is 5.91 Å². The van der Waals surface area contributed by atoms with E-state index in [0.29, 0.717) is 24.5 Å². The van der Waals surface area contributed by atoms with Crippen molar-refractivity contribution in [2.24, 2.45) is 5.92 Å². The highest BCUT2D eigenvalue weighted by atomic mass is 16.3. The summed E-state index contributed by atoms with van der Waals surface area (Å²) in [7, 11) is 0. The van der Waals surface area contributed by atoms with E-state index in [9.17, 15) is 9.90 Å². The summed E-state index contributed by atoms with van der Waals surface area (Å²) in [4.78, 5) is 19.9. The summed E-state index contributed by atoms with van der Waals surface area (Å²) < 4.78 is 1.92. The molecule has 0 bridgehead atoms. The van der Waals surface area contributed by atoms with E-state index in [1.165, 1.54) is 0 Å². The van der Waals surface area contributed by atoms with Gasteiger partial charge in [0, 0.05) is 17.7 Å². The predicted molar refractivity (Wildman–Crippen MR) is 107 cm³/mol. The maximum atomic E-state index is 13.2. The van der Waals surface area contributed by atoms with Crippen LogP contribution in [-0.2, 0) is 6.54 Å². The van der Waals surface area contributed by atoms with Crippen molar-refractivity contribution in [2.75, 3.05) is 6.54 Å². The molecule has 1 atom stereocenters. The van der Waals surface area contributed by atoms with Crippen LogP contribution in [0.2, 0.25) is 0 Å². The highest BCUT2D eigenvalue weighted by Crippen LogP contribution is 2.33. The zero-order valence-corrected chi connectivity index (χ0v) is 16.3. The van der Waals surface area contributed by atoms with Crippen LogP contribution in [0.3, 0.4) is 0 Å². The Morgan fingerprint density at radius 3 is 2.57 bits per heavy atom. The summed E-state index contributed by atoms with van der Waals surface area (Å²) >= 11 is 0. The zero-order chi connectivity index (χ0) is 19.8. The molecule has 3 aromatic rings. The van der Waals surface area contributed by atoms with Crippen LogP contribution < -0.4 is 0 Å². The number of phenolic OH excluding ortho intramolecular Hbond substituents is 1. The number of carbonyl (C=O) groups excluding carboxylic acids is 1. The van der Waals surface area contributed by atoms with Gasteiger partial charge in [-0.15, -0.1) is 0 Å². The van der Waals surface area contributed by atoms with E-state index in [0.717, 1.165) is 17.0 Å². The lowest BCUT2D eigenvalue weighted by atomic mass is 9.98. The van der Waals surface area contributed by atoms with Crippen molar-refractivity contribution in [2.45, 2.75) is 33.4 Å². The monoisotopic (exact) mass is 376 g/mol. The third-order valence-corrected chi connectivity index (χ3v) is 5.23. The topological polar surface area (TPSA) is 71.2 Å². The molecule has 144 valence electrons. The number of aryl methyl sites for hydroxylation is 1. The Morgan fingerprint density at radius 1 is 1.14 bits per heavy atom. The Morgan fingerprint density at radius 2 is 1.89 bits per heavy atom. The van der Waals surface area contributed by atoms with Crippen LogP contribution in [0.1, 0.15) is 41.6 Å². The molecule has 1 amide bonds. The van der Waals surface area contributed by atoms with Gasteiger partial charge in [0.15, 0.2) is 11.6 Å². The van der Waals surface area contributed by atoms with Crippen LogP contribution in [0.5, 0.6) is 5.75 Å². The van der Waals surface area contributed by atoms with Crippen LogP contribution in [0.4, 0.5) is 0 Å². The number of carbonyl (C=O) groups is 1. The maximum absolute atomic E-state index is 13.2. The summed E-state index contributed by atoms with van der Waals surface area (Å²) in [5, 5.41) is 14.7. The van der Waals surface area contributed by atoms with Gasteiger partial charge >= 0.3 is 0 Å². The molecule has 0 spiro atoms. The van der Waals surface area contributed by atoms with E-state index < -0.39 is 0 Å². The van der Waals surface area contributed by atoms with Gasteiger partial charge in [-0.25, -0.2) is 9.67 Å². The summed E-state index contributed by atoms with van der Waals surface area (Å²) in [5.41, 5.74) is 2.21. The van der Waals surface area contributed by atoms with E-state index in [-0.39, 0.29) is 23.6 Å². The molecule has 0 unspecified atom stereocenters. The van der Waals surface area contributed by atoms with Crippen LogP contribution in [0.25, 0.3) is 11.4 Å². The number of benzene rings is 2. The first-order valence-corrected chi connectivity index (χ1v) is 9.56. The Hall–Kier alpha value is -3.15. The molecule has 0 saturated carbocycles. The molecular formula is C22H24N4O2. The quantitative estimate of drug-likeness (QED) is 0.754. The largest absolute Gasteiger partial charge is 0.508 e. The van der Waals surface area contributed by atoms with E-state index in [1.54, 1.807) is 18.2 Å². The molecular weight excluding hydrogens is 352 g/mol. The number of hydrogen-bond donors (Lipinski definition) is 1. The first-order chi connectivity index (χ1) is 13.5. The van der Waals surface area contributed by atoms with Crippen molar-refractivity contribution >= 4 is 5.91 Å². The van der Waals surface area contributed by atoms with Crippen molar-refractivity contribution < 1.29 is 9.90 Å². The van der Waals surface area contributed by atoms with E-state index in [1.807, 2.05) is 46.8 Å². The fraction of sp³-hybridized carbons (Fsp3) is 0.318. The van der Waals surface area contributed by atoms with Gasteiger partial charge in [0.1, 0.15) is 5.75 Å². The van der Waals surface area contributed by atoms with Gasteiger partial charge in [0.05, 0.1) is 12.6 Å². The highest BCUT2D eigenvalue weighted by Gasteiger charge is 2.36. The van der Waals surface area contributed by atoms with Gasteiger partial charge < -0.3 is 10.0 Å². The summed E-state index contributed by atoms with van der Waals surface area (Å²) in [6, 6.07) is 14.8. The molecule has 6 heteroatoms. The van der Waals surface area contributed by atoms with Gasteiger partial charge in [-0.3, -0.25) is 4.79 Å². The Labute approximate surface area is 164 Å². The average molecular weight is 376 g/mol. The van der Waals surface area contributed by atoms with Crippen LogP contribution >= 0.6 is 0 Å². The van der Waals surface area contributed by atoms with Crippen molar-refractivity contribution in [3.05, 3.63) is 65.5 Å². The normalized spacial score (nSPS) is 16.3. The van der Waals surface area contributed by atoms with Crippen molar-refractivity contribution in [3.8, 4) is 17.1 Å². The van der Waals surface area contributed by atoms with Gasteiger partial charge in [0.2, 0.25) is 0 Å². The average Bonchev–Trinajstić information content (AvgIpc) is 3.13. The lowest BCUT2D eigenvalue weighted by Gasteiger charge is -2.37. The predicted octanol–water partition coefficient (Wildman–Crippen LogP) is 3.81. The van der Waals surface area contributed by atoms with Gasteiger partial charge in [-0.05, 0) is 30.5 Å². The second kappa shape index (κ2) is 7.11. The minimum absolute atomic E-state index is 0.0930. The lowest BCUT2D eigenvalue weighted by molar-refractivity contribution is 0.0536. The third kappa shape index (κ3) is 3.15. The fourth-order valence-corrected chi connectivity index (χ4v) is 3.72. The van der Waals surface area contributed by atoms with Gasteiger partial charge in [-0.1, -0.05) is 50.2 Å². The number of hydrogen-bond acceptors (Lipinski definition) is 4. The maximum Gasteiger partial charge on any atom is 0.254 e. The second-order valence-electron chi connectivity index (χ2n) is 7.57. The molecule has 1 aliphatic heterocycles. The number of aromatic hydroxyl groups is 1. The lowest BCUT2D eigenvalue weighted by Crippen LogP contribution is -2.44. The van der Waals surface area contributed by atoms with Crippen molar-refractivity contribution in [1.82, 2.24) is 19.7 Å². The number of fused-ring (bicyclic) bond motifs is 1. The molecule has 1 aromatic heterocycles. The Balaban J connectivity index is 1.71. The highest BCUT2D eigenvalue weighted by molar-refractivity contribution is 5.95. The van der Waals surface area contributed by atoms with Crippen LogP contribution in [0, 0.1) is 12.8 Å². The Bertz CT molecular complexity index is 1010. The SMILES string of the molecule is Cc1ccc(C(=O)N2CCn3nc(-c4ccccc4)nc3[C@@H]2C(C)C)cc1O. The number of aromatic nitrogens is 3. The minimum Gasteiger partial charge on any atom is -0.508 e. The van der Waals surface area contributed by atoms with Crippen LogP contribution in [-0.4, -0.2) is 37.2 Å². The van der Waals surface area contributed by atoms with Crippen molar-refractivity contribution in [1.29, 1.82) is 0 Å². The number of nitrogens with zero attached hydrogens (tertiary/aromatic N) is 4. The molecule has 0 aliphatic carbocycles. The number of rotatable bonds is 3. The third-order valence-electron chi connectivity index (χ3n) is 5.23. The van der Waals surface area contributed by atoms with Crippen LogP contribution in [0.15, 0.2) is 48.5 Å².